The van der Waals surface area contributed by atoms with Crippen LogP contribution in [0.4, 0.5) is 0 Å². The summed E-state index contributed by atoms with van der Waals surface area (Å²) in [6.45, 7) is 0. The number of rotatable bonds is 5. The molecule has 2 aromatic carbocycles. The summed E-state index contributed by atoms with van der Waals surface area (Å²) in [5.41, 5.74) is 2.54. The van der Waals surface area contributed by atoms with E-state index in [1.54, 1.807) is 35.8 Å². The topological polar surface area (TPSA) is 63.9 Å². The lowest BCUT2D eigenvalue weighted by atomic mass is 10.1. The van der Waals surface area contributed by atoms with Gasteiger partial charge in [0.2, 0.25) is 5.16 Å². The van der Waals surface area contributed by atoms with Gasteiger partial charge in [-0.15, -0.1) is 5.10 Å². The molecule has 1 aromatic heterocycles. The molecule has 6 nitrogen and oxygen atoms in total. The van der Waals surface area contributed by atoms with Crippen LogP contribution in [-0.2, 0) is 5.75 Å². The standard InChI is InChI=1S/C17H16ClN5OS/c1-22(2)16(24)13-5-3-4-12(10-13)11-25-17-19-20-21-23(17)15-8-6-14(18)7-9-15/h3-10H,11H2,1-2H3. The zero-order valence-electron chi connectivity index (χ0n) is 13.8. The van der Waals surface area contributed by atoms with Crippen molar-refractivity contribution in [2.45, 2.75) is 10.9 Å². The lowest BCUT2D eigenvalue weighted by molar-refractivity contribution is 0.0827. The minimum atomic E-state index is -0.0159. The fraction of sp³-hybridized carbons (Fsp3) is 0.176. The van der Waals surface area contributed by atoms with Gasteiger partial charge in [0.05, 0.1) is 5.69 Å². The zero-order valence-corrected chi connectivity index (χ0v) is 15.3. The summed E-state index contributed by atoms with van der Waals surface area (Å²) in [7, 11) is 3.48. The predicted molar refractivity (Wildman–Crippen MR) is 98.2 cm³/mol. The second kappa shape index (κ2) is 7.67. The number of aromatic nitrogens is 4. The SMILES string of the molecule is CN(C)C(=O)c1cccc(CSc2nnnn2-c2ccc(Cl)cc2)c1. The number of tetrazole rings is 1. The van der Waals surface area contributed by atoms with Gasteiger partial charge in [0.25, 0.3) is 5.91 Å². The van der Waals surface area contributed by atoms with Gasteiger partial charge in [-0.05, 0) is 52.4 Å². The molecule has 0 aliphatic heterocycles. The molecule has 0 unspecified atom stereocenters. The first kappa shape index (κ1) is 17.4. The maximum Gasteiger partial charge on any atom is 0.253 e. The van der Waals surface area contributed by atoms with Crippen LogP contribution in [0, 0.1) is 0 Å². The number of thioether (sulfide) groups is 1. The minimum Gasteiger partial charge on any atom is -0.345 e. The van der Waals surface area contributed by atoms with Crippen molar-refractivity contribution in [3.05, 3.63) is 64.7 Å². The molecule has 25 heavy (non-hydrogen) atoms. The van der Waals surface area contributed by atoms with E-state index in [2.05, 4.69) is 15.5 Å². The zero-order chi connectivity index (χ0) is 17.8. The summed E-state index contributed by atoms with van der Waals surface area (Å²) >= 11 is 7.42. The molecule has 8 heteroatoms. The number of hydrogen-bond donors (Lipinski definition) is 0. The third kappa shape index (κ3) is 4.18. The Labute approximate surface area is 154 Å². The van der Waals surface area contributed by atoms with Crippen LogP contribution in [0.2, 0.25) is 5.02 Å². The molecule has 0 saturated carbocycles. The molecule has 1 amide bonds. The van der Waals surface area contributed by atoms with Crippen molar-refractivity contribution < 1.29 is 4.79 Å². The van der Waals surface area contributed by atoms with E-state index in [0.29, 0.717) is 21.5 Å². The number of carbonyl (C=O) groups excluding carboxylic acids is 1. The Hall–Kier alpha value is -2.38. The highest BCUT2D eigenvalue weighted by molar-refractivity contribution is 7.98. The van der Waals surface area contributed by atoms with Gasteiger partial charge in [-0.1, -0.05) is 35.5 Å². The number of nitrogens with zero attached hydrogens (tertiary/aromatic N) is 5. The van der Waals surface area contributed by atoms with Gasteiger partial charge in [0.15, 0.2) is 0 Å². The third-order valence-electron chi connectivity index (χ3n) is 3.46. The quantitative estimate of drug-likeness (QED) is 0.642. The molecule has 1 heterocycles. The van der Waals surface area contributed by atoms with E-state index in [0.717, 1.165) is 11.3 Å². The number of benzene rings is 2. The first-order chi connectivity index (χ1) is 12.0. The van der Waals surface area contributed by atoms with E-state index in [-0.39, 0.29) is 5.91 Å². The normalized spacial score (nSPS) is 10.7. The number of carbonyl (C=O) groups is 1. The Balaban J connectivity index is 1.75. The fourth-order valence-corrected chi connectivity index (χ4v) is 3.17. The van der Waals surface area contributed by atoms with Crippen LogP contribution in [-0.4, -0.2) is 45.1 Å². The van der Waals surface area contributed by atoms with E-state index in [9.17, 15) is 4.79 Å². The molecular formula is C17H16ClN5OS. The van der Waals surface area contributed by atoms with E-state index in [1.807, 2.05) is 36.4 Å². The van der Waals surface area contributed by atoms with Gasteiger partial charge in [-0.2, -0.15) is 4.68 Å². The molecule has 0 spiro atoms. The molecule has 3 aromatic rings. The summed E-state index contributed by atoms with van der Waals surface area (Å²) in [5.74, 6) is 0.639. The van der Waals surface area contributed by atoms with E-state index < -0.39 is 0 Å². The molecule has 128 valence electrons. The van der Waals surface area contributed by atoms with Crippen LogP contribution in [0.1, 0.15) is 15.9 Å². The van der Waals surface area contributed by atoms with Crippen LogP contribution in [0.25, 0.3) is 5.69 Å². The lowest BCUT2D eigenvalue weighted by Gasteiger charge is -2.11. The fourth-order valence-electron chi connectivity index (χ4n) is 2.21. The van der Waals surface area contributed by atoms with Gasteiger partial charge >= 0.3 is 0 Å². The Morgan fingerprint density at radius 1 is 1.20 bits per heavy atom. The second-order valence-electron chi connectivity index (χ2n) is 5.54. The van der Waals surface area contributed by atoms with E-state index >= 15 is 0 Å². The monoisotopic (exact) mass is 373 g/mol. The van der Waals surface area contributed by atoms with Gasteiger partial charge in [0, 0.05) is 30.4 Å². The molecular weight excluding hydrogens is 358 g/mol. The molecule has 0 aliphatic carbocycles. The van der Waals surface area contributed by atoms with E-state index in [4.69, 9.17) is 11.6 Å². The first-order valence-corrected chi connectivity index (χ1v) is 8.88. The van der Waals surface area contributed by atoms with E-state index in [1.165, 1.54) is 11.8 Å². The van der Waals surface area contributed by atoms with Crippen molar-refractivity contribution in [2.75, 3.05) is 14.1 Å². The summed E-state index contributed by atoms with van der Waals surface area (Å²) in [4.78, 5) is 13.6. The van der Waals surface area contributed by atoms with Gasteiger partial charge in [-0.25, -0.2) is 0 Å². The van der Waals surface area contributed by atoms with Gasteiger partial charge in [-0.3, -0.25) is 4.79 Å². The van der Waals surface area contributed by atoms with Gasteiger partial charge < -0.3 is 4.90 Å². The molecule has 0 N–H and O–H groups in total. The van der Waals surface area contributed by atoms with Crippen LogP contribution in [0.5, 0.6) is 0 Å². The van der Waals surface area contributed by atoms with Crippen LogP contribution in [0.3, 0.4) is 0 Å². The van der Waals surface area contributed by atoms with Crippen molar-refractivity contribution in [1.29, 1.82) is 0 Å². The van der Waals surface area contributed by atoms with Crippen molar-refractivity contribution in [3.63, 3.8) is 0 Å². The third-order valence-corrected chi connectivity index (χ3v) is 4.70. The van der Waals surface area contributed by atoms with Gasteiger partial charge in [0.1, 0.15) is 0 Å². The largest absolute Gasteiger partial charge is 0.345 e. The molecule has 0 saturated heterocycles. The summed E-state index contributed by atoms with van der Waals surface area (Å²) < 4.78 is 1.66. The van der Waals surface area contributed by atoms with Crippen molar-refractivity contribution >= 4 is 29.3 Å². The smallest absolute Gasteiger partial charge is 0.253 e. The van der Waals surface area contributed by atoms with Crippen molar-refractivity contribution in [1.82, 2.24) is 25.1 Å². The molecule has 0 aliphatic rings. The van der Waals surface area contributed by atoms with Crippen LogP contribution < -0.4 is 0 Å². The van der Waals surface area contributed by atoms with Crippen molar-refractivity contribution in [3.8, 4) is 5.69 Å². The van der Waals surface area contributed by atoms with Crippen LogP contribution >= 0.6 is 23.4 Å². The maximum atomic E-state index is 12.1. The first-order valence-electron chi connectivity index (χ1n) is 7.52. The molecule has 0 bridgehead atoms. The number of hydrogen-bond acceptors (Lipinski definition) is 5. The highest BCUT2D eigenvalue weighted by atomic mass is 35.5. The summed E-state index contributed by atoms with van der Waals surface area (Å²) in [6, 6.07) is 14.9. The average molecular weight is 374 g/mol. The molecule has 3 rings (SSSR count). The predicted octanol–water partition coefficient (Wildman–Crippen LogP) is 3.31. The minimum absolute atomic E-state index is 0.0159. The highest BCUT2D eigenvalue weighted by Gasteiger charge is 2.11. The van der Waals surface area contributed by atoms with Crippen LogP contribution in [0.15, 0.2) is 53.7 Å². The second-order valence-corrected chi connectivity index (χ2v) is 6.92. The molecule has 0 radical (unpaired) electrons. The Kier molecular flexibility index (Phi) is 5.35. The maximum absolute atomic E-state index is 12.1. The molecule has 0 atom stereocenters. The highest BCUT2D eigenvalue weighted by Crippen LogP contribution is 2.23. The lowest BCUT2D eigenvalue weighted by Crippen LogP contribution is -2.21. The Morgan fingerprint density at radius 3 is 2.68 bits per heavy atom. The summed E-state index contributed by atoms with van der Waals surface area (Å²) in [5, 5.41) is 13.2. The molecule has 0 fully saturated rings. The Morgan fingerprint density at radius 2 is 1.96 bits per heavy atom. The number of halogens is 1. The average Bonchev–Trinajstić information content (AvgIpc) is 3.08. The Bertz CT molecular complexity index is 879. The number of amides is 1. The summed E-state index contributed by atoms with van der Waals surface area (Å²) in [6.07, 6.45) is 0. The van der Waals surface area contributed by atoms with Crippen molar-refractivity contribution in [2.24, 2.45) is 0 Å².